The molecule has 2 heterocycles. The summed E-state index contributed by atoms with van der Waals surface area (Å²) >= 11 is 0. The maximum absolute atomic E-state index is 5.69. The van der Waals surface area contributed by atoms with Crippen molar-refractivity contribution in [3.05, 3.63) is 48.2 Å². The molecule has 1 aromatic heterocycles. The Hall–Kier alpha value is -2.10. The van der Waals surface area contributed by atoms with Gasteiger partial charge in [-0.05, 0) is 43.2 Å². The maximum atomic E-state index is 5.69. The van der Waals surface area contributed by atoms with Crippen molar-refractivity contribution >= 4 is 11.8 Å². The average Bonchev–Trinajstić information content (AvgIpc) is 2.54. The van der Waals surface area contributed by atoms with Crippen LogP contribution in [0.15, 0.2) is 42.6 Å². The van der Waals surface area contributed by atoms with Gasteiger partial charge in [0.05, 0.1) is 0 Å². The van der Waals surface area contributed by atoms with Crippen molar-refractivity contribution in [2.45, 2.75) is 25.7 Å². The Morgan fingerprint density at radius 1 is 1.19 bits per heavy atom. The first-order valence-electron chi connectivity index (χ1n) is 7.68. The monoisotopic (exact) mass is 282 g/mol. The highest BCUT2D eigenvalue weighted by atomic mass is 15.2. The zero-order chi connectivity index (χ0) is 14.5. The van der Waals surface area contributed by atoms with Crippen LogP contribution >= 0.6 is 0 Å². The first-order valence-corrected chi connectivity index (χ1v) is 7.68. The van der Waals surface area contributed by atoms with Gasteiger partial charge in [0.1, 0.15) is 5.82 Å². The molecule has 1 fully saturated rings. The number of hydrogen-bond donors (Lipinski definition) is 1. The van der Waals surface area contributed by atoms with Crippen LogP contribution in [-0.2, 0) is 6.42 Å². The van der Waals surface area contributed by atoms with Gasteiger partial charge in [-0.15, -0.1) is 0 Å². The minimum Gasteiger partial charge on any atom is -0.368 e. The Morgan fingerprint density at radius 3 is 2.86 bits per heavy atom. The normalized spacial score (nSPS) is 18.7. The highest BCUT2D eigenvalue weighted by Gasteiger charge is 2.20. The smallest absolute Gasteiger partial charge is 0.221 e. The van der Waals surface area contributed by atoms with E-state index in [1.165, 1.54) is 24.8 Å². The average molecular weight is 282 g/mol. The van der Waals surface area contributed by atoms with E-state index < -0.39 is 0 Å². The molecule has 1 saturated heterocycles. The number of piperidine rings is 1. The number of aryl methyl sites for hydroxylation is 1. The SMILES string of the molecule is Nc1nccc(N2CCCC(CCc3ccccc3)C2)n1. The highest BCUT2D eigenvalue weighted by Crippen LogP contribution is 2.25. The number of benzene rings is 1. The lowest BCUT2D eigenvalue weighted by atomic mass is 9.91. The second-order valence-corrected chi connectivity index (χ2v) is 5.75. The van der Waals surface area contributed by atoms with Gasteiger partial charge in [0, 0.05) is 19.3 Å². The van der Waals surface area contributed by atoms with E-state index in [4.69, 9.17) is 5.73 Å². The minimum atomic E-state index is 0.360. The number of anilines is 2. The maximum Gasteiger partial charge on any atom is 0.221 e. The van der Waals surface area contributed by atoms with Crippen molar-refractivity contribution < 1.29 is 0 Å². The van der Waals surface area contributed by atoms with E-state index in [0.717, 1.165) is 31.2 Å². The van der Waals surface area contributed by atoms with E-state index in [1.54, 1.807) is 6.20 Å². The van der Waals surface area contributed by atoms with E-state index in [2.05, 4.69) is 45.2 Å². The number of rotatable bonds is 4. The second kappa shape index (κ2) is 6.57. The van der Waals surface area contributed by atoms with Gasteiger partial charge in [0.2, 0.25) is 5.95 Å². The predicted molar refractivity (Wildman–Crippen MR) is 86.1 cm³/mol. The number of hydrogen-bond acceptors (Lipinski definition) is 4. The van der Waals surface area contributed by atoms with E-state index in [0.29, 0.717) is 5.95 Å². The quantitative estimate of drug-likeness (QED) is 0.937. The second-order valence-electron chi connectivity index (χ2n) is 5.75. The van der Waals surface area contributed by atoms with Crippen LogP contribution in [-0.4, -0.2) is 23.1 Å². The Balaban J connectivity index is 1.58. The summed E-state index contributed by atoms with van der Waals surface area (Å²) in [6.45, 7) is 2.14. The largest absolute Gasteiger partial charge is 0.368 e. The van der Waals surface area contributed by atoms with E-state index in [1.807, 2.05) is 6.07 Å². The molecule has 1 aliphatic rings. The van der Waals surface area contributed by atoms with Gasteiger partial charge in [0.15, 0.2) is 0 Å². The fourth-order valence-electron chi connectivity index (χ4n) is 3.06. The van der Waals surface area contributed by atoms with Crippen LogP contribution in [0, 0.1) is 5.92 Å². The molecule has 21 heavy (non-hydrogen) atoms. The van der Waals surface area contributed by atoms with Gasteiger partial charge >= 0.3 is 0 Å². The summed E-state index contributed by atoms with van der Waals surface area (Å²) in [4.78, 5) is 10.7. The van der Waals surface area contributed by atoms with Gasteiger partial charge in [-0.1, -0.05) is 30.3 Å². The van der Waals surface area contributed by atoms with Crippen molar-refractivity contribution in [1.82, 2.24) is 9.97 Å². The van der Waals surface area contributed by atoms with Crippen LogP contribution in [0.5, 0.6) is 0 Å². The van der Waals surface area contributed by atoms with Crippen LogP contribution < -0.4 is 10.6 Å². The summed E-state index contributed by atoms with van der Waals surface area (Å²) in [5, 5.41) is 0. The molecule has 110 valence electrons. The molecule has 1 aliphatic heterocycles. The van der Waals surface area contributed by atoms with Crippen molar-refractivity contribution in [1.29, 1.82) is 0 Å². The lowest BCUT2D eigenvalue weighted by molar-refractivity contribution is 0.390. The molecule has 0 radical (unpaired) electrons. The molecule has 0 amide bonds. The molecule has 2 N–H and O–H groups in total. The van der Waals surface area contributed by atoms with Gasteiger partial charge in [0.25, 0.3) is 0 Å². The number of nitrogen functional groups attached to an aromatic ring is 1. The molecular weight excluding hydrogens is 260 g/mol. The van der Waals surface area contributed by atoms with Crippen molar-refractivity contribution in [3.8, 4) is 0 Å². The third-order valence-electron chi connectivity index (χ3n) is 4.19. The summed E-state index contributed by atoms with van der Waals surface area (Å²) in [7, 11) is 0. The number of aromatic nitrogens is 2. The van der Waals surface area contributed by atoms with Crippen molar-refractivity contribution in [2.24, 2.45) is 5.92 Å². The lowest BCUT2D eigenvalue weighted by Gasteiger charge is -2.33. The lowest BCUT2D eigenvalue weighted by Crippen LogP contribution is -2.36. The third-order valence-corrected chi connectivity index (χ3v) is 4.19. The summed E-state index contributed by atoms with van der Waals surface area (Å²) in [5.74, 6) is 2.06. The topological polar surface area (TPSA) is 55.0 Å². The van der Waals surface area contributed by atoms with Crippen LogP contribution in [0.4, 0.5) is 11.8 Å². The number of nitrogens with zero attached hydrogens (tertiary/aromatic N) is 3. The first-order chi connectivity index (χ1) is 10.3. The molecule has 1 atom stereocenters. The Morgan fingerprint density at radius 2 is 2.05 bits per heavy atom. The summed E-state index contributed by atoms with van der Waals surface area (Å²) in [5.41, 5.74) is 7.12. The fourth-order valence-corrected chi connectivity index (χ4v) is 3.06. The highest BCUT2D eigenvalue weighted by molar-refractivity contribution is 5.41. The molecule has 4 heteroatoms. The van der Waals surface area contributed by atoms with Crippen LogP contribution in [0.3, 0.4) is 0 Å². The Kier molecular flexibility index (Phi) is 4.34. The van der Waals surface area contributed by atoms with Crippen molar-refractivity contribution in [3.63, 3.8) is 0 Å². The molecule has 0 saturated carbocycles. The van der Waals surface area contributed by atoms with Gasteiger partial charge < -0.3 is 10.6 Å². The summed E-state index contributed by atoms with van der Waals surface area (Å²) in [6.07, 6.45) is 6.67. The number of nitrogens with two attached hydrogens (primary N) is 1. The van der Waals surface area contributed by atoms with E-state index in [-0.39, 0.29) is 0 Å². The third kappa shape index (κ3) is 3.72. The van der Waals surface area contributed by atoms with Crippen LogP contribution in [0.2, 0.25) is 0 Å². The molecule has 0 bridgehead atoms. The van der Waals surface area contributed by atoms with E-state index in [9.17, 15) is 0 Å². The molecule has 1 unspecified atom stereocenters. The standard InChI is InChI=1S/C17H22N4/c18-17-19-11-10-16(20-17)21-12-4-7-15(13-21)9-8-14-5-2-1-3-6-14/h1-3,5-6,10-11,15H,4,7-9,12-13H2,(H2,18,19,20). The fraction of sp³-hybridized carbons (Fsp3) is 0.412. The molecule has 2 aromatic rings. The molecule has 1 aromatic carbocycles. The predicted octanol–water partition coefficient (Wildman–Crippen LogP) is 2.91. The van der Waals surface area contributed by atoms with Gasteiger partial charge in [-0.25, -0.2) is 4.98 Å². The van der Waals surface area contributed by atoms with Gasteiger partial charge in [-0.3, -0.25) is 0 Å². The first kappa shape index (κ1) is 13.9. The molecule has 4 nitrogen and oxygen atoms in total. The van der Waals surface area contributed by atoms with Crippen molar-refractivity contribution in [2.75, 3.05) is 23.7 Å². The van der Waals surface area contributed by atoms with Crippen LogP contribution in [0.1, 0.15) is 24.8 Å². The van der Waals surface area contributed by atoms with Gasteiger partial charge in [-0.2, -0.15) is 4.98 Å². The Labute approximate surface area is 126 Å². The summed E-state index contributed by atoms with van der Waals surface area (Å²) in [6, 6.07) is 12.7. The van der Waals surface area contributed by atoms with Crippen LogP contribution in [0.25, 0.3) is 0 Å². The minimum absolute atomic E-state index is 0.360. The Bertz CT molecular complexity index is 570. The molecule has 0 spiro atoms. The molecular formula is C17H22N4. The molecule has 3 rings (SSSR count). The molecule has 0 aliphatic carbocycles. The zero-order valence-corrected chi connectivity index (χ0v) is 12.3. The van der Waals surface area contributed by atoms with E-state index >= 15 is 0 Å². The summed E-state index contributed by atoms with van der Waals surface area (Å²) < 4.78 is 0. The zero-order valence-electron chi connectivity index (χ0n) is 12.3.